The van der Waals surface area contributed by atoms with Crippen LogP contribution in [-0.4, -0.2) is 15.0 Å². The molecule has 0 amide bonds. The van der Waals surface area contributed by atoms with Crippen LogP contribution in [0.3, 0.4) is 0 Å². The lowest BCUT2D eigenvalue weighted by molar-refractivity contribution is 0.938. The van der Waals surface area contributed by atoms with E-state index in [2.05, 4.69) is 26.8 Å². The molecule has 0 radical (unpaired) electrons. The van der Waals surface area contributed by atoms with Gasteiger partial charge in [0, 0.05) is 0 Å². The largest absolute Gasteiger partial charge is 0.208 e. The molecule has 0 unspecified atom stereocenters. The monoisotopic (exact) mass is 143 g/mol. The Bertz CT molecular complexity index is 322. The second-order valence-electron chi connectivity index (χ2n) is 1.82. The van der Waals surface area contributed by atoms with Crippen LogP contribution in [0, 0.1) is 31.6 Å². The lowest BCUT2D eigenvalue weighted by Gasteiger charge is -1.92. The lowest BCUT2D eigenvalue weighted by Crippen LogP contribution is -1.99. The second kappa shape index (κ2) is 2.81. The molecule has 1 rings (SSSR count). The Morgan fingerprint density at radius 3 is 1.82 bits per heavy atom. The molecule has 3 nitrogen and oxygen atoms in total. The summed E-state index contributed by atoms with van der Waals surface area (Å²) in [7, 11) is 0. The number of hydrogen-bond acceptors (Lipinski definition) is 3. The molecule has 0 aliphatic heterocycles. The highest BCUT2D eigenvalue weighted by atomic mass is 15.0. The van der Waals surface area contributed by atoms with E-state index < -0.39 is 0 Å². The summed E-state index contributed by atoms with van der Waals surface area (Å²) in [4.78, 5) is 11.5. The van der Waals surface area contributed by atoms with Crippen LogP contribution in [-0.2, 0) is 0 Å². The van der Waals surface area contributed by atoms with Crippen LogP contribution in [0.25, 0.3) is 0 Å². The topological polar surface area (TPSA) is 38.7 Å². The van der Waals surface area contributed by atoms with Crippen LogP contribution >= 0.6 is 0 Å². The third-order valence-electron chi connectivity index (χ3n) is 1.01. The molecule has 0 aromatic carbocycles. The highest BCUT2D eigenvalue weighted by Gasteiger charge is 1.96. The molecule has 0 N–H and O–H groups in total. The van der Waals surface area contributed by atoms with Gasteiger partial charge in [0.1, 0.15) is 5.82 Å². The first-order valence-electron chi connectivity index (χ1n) is 2.92. The van der Waals surface area contributed by atoms with Crippen LogP contribution < -0.4 is 0 Å². The van der Waals surface area contributed by atoms with Crippen molar-refractivity contribution in [1.82, 2.24) is 15.0 Å². The van der Waals surface area contributed by atoms with Gasteiger partial charge in [0.15, 0.2) is 0 Å². The van der Waals surface area contributed by atoms with Crippen LogP contribution in [0.5, 0.6) is 0 Å². The van der Waals surface area contributed by atoms with Gasteiger partial charge in [0.05, 0.1) is 0 Å². The van der Waals surface area contributed by atoms with Crippen LogP contribution in [0.1, 0.15) is 17.5 Å². The van der Waals surface area contributed by atoms with Crippen molar-refractivity contribution in [2.24, 2.45) is 0 Å². The average Bonchev–Trinajstić information content (AvgIpc) is 2.03. The van der Waals surface area contributed by atoms with Gasteiger partial charge in [0.2, 0.25) is 11.6 Å². The zero-order chi connectivity index (χ0) is 8.27. The van der Waals surface area contributed by atoms with Crippen molar-refractivity contribution in [3.8, 4) is 24.7 Å². The van der Waals surface area contributed by atoms with Gasteiger partial charge in [-0.3, -0.25) is 0 Å². The number of hydrogen-bond donors (Lipinski definition) is 0. The highest BCUT2D eigenvalue weighted by Crippen LogP contribution is 1.91. The van der Waals surface area contributed by atoms with E-state index in [0.717, 1.165) is 0 Å². The number of terminal acetylenes is 2. The summed E-state index contributed by atoms with van der Waals surface area (Å²) in [5, 5.41) is 0. The molecule has 0 saturated heterocycles. The van der Waals surface area contributed by atoms with Crippen molar-refractivity contribution in [2.75, 3.05) is 0 Å². The quantitative estimate of drug-likeness (QED) is 0.485. The van der Waals surface area contributed by atoms with Gasteiger partial charge in [-0.25, -0.2) is 9.97 Å². The summed E-state index contributed by atoms with van der Waals surface area (Å²) >= 11 is 0. The van der Waals surface area contributed by atoms with E-state index >= 15 is 0 Å². The van der Waals surface area contributed by atoms with Gasteiger partial charge in [-0.2, -0.15) is 4.98 Å². The zero-order valence-corrected chi connectivity index (χ0v) is 6.00. The average molecular weight is 143 g/mol. The molecule has 0 bridgehead atoms. The van der Waals surface area contributed by atoms with E-state index in [1.807, 2.05) is 0 Å². The van der Waals surface area contributed by atoms with E-state index in [9.17, 15) is 0 Å². The van der Waals surface area contributed by atoms with Gasteiger partial charge in [-0.1, -0.05) is 0 Å². The number of rotatable bonds is 0. The van der Waals surface area contributed by atoms with E-state index in [4.69, 9.17) is 12.8 Å². The Morgan fingerprint density at radius 2 is 1.45 bits per heavy atom. The molecule has 0 atom stereocenters. The van der Waals surface area contributed by atoms with E-state index in [-0.39, 0.29) is 11.6 Å². The zero-order valence-electron chi connectivity index (χ0n) is 6.00. The SMILES string of the molecule is C#Cc1nc(C)nc(C#C)n1. The highest BCUT2D eigenvalue weighted by molar-refractivity contribution is 5.22. The molecule has 1 aromatic heterocycles. The summed E-state index contributed by atoms with van der Waals surface area (Å²) in [5.74, 6) is 5.68. The molecule has 0 aliphatic carbocycles. The number of aromatic nitrogens is 3. The van der Waals surface area contributed by atoms with Gasteiger partial charge < -0.3 is 0 Å². The standard InChI is InChI=1S/C8H5N3/c1-4-7-9-6(3)10-8(5-2)11-7/h1-2H,3H3. The molecule has 52 valence electrons. The molecule has 0 spiro atoms. The molecular formula is C8H5N3. The van der Waals surface area contributed by atoms with Crippen molar-refractivity contribution >= 4 is 0 Å². The van der Waals surface area contributed by atoms with E-state index in [1.54, 1.807) is 6.92 Å². The Kier molecular flexibility index (Phi) is 1.85. The fraction of sp³-hybridized carbons (Fsp3) is 0.125. The van der Waals surface area contributed by atoms with Crippen LogP contribution in [0.2, 0.25) is 0 Å². The fourth-order valence-electron chi connectivity index (χ4n) is 0.611. The third kappa shape index (κ3) is 1.53. The van der Waals surface area contributed by atoms with Crippen molar-refractivity contribution < 1.29 is 0 Å². The molecule has 3 heteroatoms. The second-order valence-corrected chi connectivity index (χ2v) is 1.82. The Morgan fingerprint density at radius 1 is 1.00 bits per heavy atom. The lowest BCUT2D eigenvalue weighted by atomic mass is 10.5. The van der Waals surface area contributed by atoms with Crippen molar-refractivity contribution in [2.45, 2.75) is 6.92 Å². The normalized spacial score (nSPS) is 8.27. The smallest absolute Gasteiger partial charge is 0.206 e. The van der Waals surface area contributed by atoms with Crippen molar-refractivity contribution in [1.29, 1.82) is 0 Å². The van der Waals surface area contributed by atoms with E-state index in [1.165, 1.54) is 0 Å². The Hall–Kier alpha value is -1.87. The first kappa shape index (κ1) is 7.24. The maximum absolute atomic E-state index is 5.07. The molecule has 11 heavy (non-hydrogen) atoms. The predicted octanol–water partition coefficient (Wildman–Crippen LogP) is 0.143. The first-order valence-corrected chi connectivity index (χ1v) is 2.92. The summed E-state index contributed by atoms with van der Waals surface area (Å²) in [6.07, 6.45) is 10.1. The van der Waals surface area contributed by atoms with Crippen LogP contribution in [0.15, 0.2) is 0 Å². The molecule has 0 saturated carbocycles. The summed E-state index contributed by atoms with van der Waals surface area (Å²) in [6.45, 7) is 1.71. The van der Waals surface area contributed by atoms with Gasteiger partial charge in [-0.15, -0.1) is 12.8 Å². The molecular weight excluding hydrogens is 138 g/mol. The maximum atomic E-state index is 5.07. The minimum absolute atomic E-state index is 0.283. The maximum Gasteiger partial charge on any atom is 0.208 e. The van der Waals surface area contributed by atoms with Crippen molar-refractivity contribution in [3.05, 3.63) is 17.5 Å². The first-order chi connectivity index (χ1) is 5.26. The molecule has 0 fully saturated rings. The van der Waals surface area contributed by atoms with Gasteiger partial charge in [0.25, 0.3) is 0 Å². The summed E-state index contributed by atoms with van der Waals surface area (Å²) in [5.41, 5.74) is 0. The minimum Gasteiger partial charge on any atom is -0.206 e. The molecule has 1 aromatic rings. The third-order valence-corrected chi connectivity index (χ3v) is 1.01. The predicted molar refractivity (Wildman–Crippen MR) is 40.4 cm³/mol. The van der Waals surface area contributed by atoms with Crippen molar-refractivity contribution in [3.63, 3.8) is 0 Å². The Balaban J connectivity index is 3.28. The van der Waals surface area contributed by atoms with E-state index in [0.29, 0.717) is 5.82 Å². The minimum atomic E-state index is 0.283. The molecule has 1 heterocycles. The summed E-state index contributed by atoms with van der Waals surface area (Å²) in [6, 6.07) is 0. The number of aryl methyl sites for hydroxylation is 1. The van der Waals surface area contributed by atoms with Gasteiger partial charge >= 0.3 is 0 Å². The molecule has 0 aliphatic rings. The fourth-order valence-corrected chi connectivity index (χ4v) is 0.611. The Labute approximate surface area is 64.9 Å². The summed E-state index contributed by atoms with van der Waals surface area (Å²) < 4.78 is 0. The number of nitrogens with zero attached hydrogens (tertiary/aromatic N) is 3. The van der Waals surface area contributed by atoms with Gasteiger partial charge in [-0.05, 0) is 18.8 Å². The van der Waals surface area contributed by atoms with Crippen LogP contribution in [0.4, 0.5) is 0 Å².